The molecule has 2 rings (SSSR count). The van der Waals surface area contributed by atoms with Gasteiger partial charge in [-0.05, 0) is 12.5 Å². The summed E-state index contributed by atoms with van der Waals surface area (Å²) in [4.78, 5) is 8.21. The summed E-state index contributed by atoms with van der Waals surface area (Å²) in [6, 6.07) is 0. The summed E-state index contributed by atoms with van der Waals surface area (Å²) in [7, 11) is 0. The van der Waals surface area contributed by atoms with Gasteiger partial charge >= 0.3 is 0 Å². The van der Waals surface area contributed by atoms with Crippen molar-refractivity contribution in [1.82, 2.24) is 9.97 Å². The average Bonchev–Trinajstić information content (AvgIpc) is 2.45. The third-order valence-corrected chi connectivity index (χ3v) is 3.20. The molecule has 0 atom stereocenters. The van der Waals surface area contributed by atoms with E-state index in [-0.39, 0.29) is 10.7 Å². The number of thiophene rings is 1. The summed E-state index contributed by atoms with van der Waals surface area (Å²) in [6.07, 6.45) is -1.20. The molecule has 0 fully saturated rings. The fourth-order valence-electron chi connectivity index (χ4n) is 1.32. The summed E-state index contributed by atoms with van der Waals surface area (Å²) in [6.45, 7) is 1.61. The molecule has 0 spiro atoms. The maximum atomic E-state index is 12.5. The highest BCUT2D eigenvalue weighted by Crippen LogP contribution is 2.37. The summed E-state index contributed by atoms with van der Waals surface area (Å²) in [5.41, 5.74) is 6.07. The van der Waals surface area contributed by atoms with Crippen molar-refractivity contribution in [3.05, 3.63) is 16.8 Å². The zero-order valence-electron chi connectivity index (χ0n) is 7.29. The minimum absolute atomic E-state index is 0.0206. The molecule has 14 heavy (non-hydrogen) atoms. The van der Waals surface area contributed by atoms with E-state index in [1.54, 1.807) is 6.92 Å². The van der Waals surface area contributed by atoms with Gasteiger partial charge in [0.2, 0.25) is 0 Å². The maximum Gasteiger partial charge on any atom is 0.273 e. The predicted octanol–water partition coefficient (Wildman–Crippen LogP) is 2.52. The van der Waals surface area contributed by atoms with E-state index in [9.17, 15) is 8.78 Å². The van der Waals surface area contributed by atoms with Gasteiger partial charge in [-0.25, -0.2) is 18.7 Å². The zero-order valence-corrected chi connectivity index (χ0v) is 8.11. The first-order valence-corrected chi connectivity index (χ1v) is 4.70. The van der Waals surface area contributed by atoms with Crippen molar-refractivity contribution >= 4 is 27.4 Å². The number of anilines is 1. The predicted molar refractivity (Wildman–Crippen MR) is 51.5 cm³/mol. The van der Waals surface area contributed by atoms with Gasteiger partial charge in [0.05, 0.1) is 10.3 Å². The Morgan fingerprint density at radius 2 is 2.14 bits per heavy atom. The van der Waals surface area contributed by atoms with E-state index in [1.165, 1.54) is 6.33 Å². The molecule has 3 nitrogen and oxygen atoms in total. The van der Waals surface area contributed by atoms with Crippen molar-refractivity contribution in [3.63, 3.8) is 0 Å². The SMILES string of the molecule is Cc1c(C(F)F)sc2ncnc(N)c12. The zero-order chi connectivity index (χ0) is 10.3. The van der Waals surface area contributed by atoms with Crippen LogP contribution in [0, 0.1) is 6.92 Å². The Bertz CT molecular complexity index is 481. The van der Waals surface area contributed by atoms with Gasteiger partial charge in [-0.15, -0.1) is 11.3 Å². The second-order valence-electron chi connectivity index (χ2n) is 2.83. The monoisotopic (exact) mass is 215 g/mol. The molecular formula is C8H7F2N3S. The Kier molecular flexibility index (Phi) is 2.07. The first-order valence-electron chi connectivity index (χ1n) is 3.89. The molecule has 0 saturated carbocycles. The highest BCUT2D eigenvalue weighted by atomic mass is 32.1. The van der Waals surface area contributed by atoms with Gasteiger partial charge in [0.1, 0.15) is 17.0 Å². The second kappa shape index (κ2) is 3.13. The number of hydrogen-bond acceptors (Lipinski definition) is 4. The first kappa shape index (κ1) is 9.26. The van der Waals surface area contributed by atoms with Crippen LogP contribution in [0.1, 0.15) is 16.9 Å². The largest absolute Gasteiger partial charge is 0.383 e. The van der Waals surface area contributed by atoms with Crippen LogP contribution in [-0.4, -0.2) is 9.97 Å². The highest BCUT2D eigenvalue weighted by molar-refractivity contribution is 7.19. The lowest BCUT2D eigenvalue weighted by Crippen LogP contribution is -1.92. The normalized spacial score (nSPS) is 11.4. The summed E-state index contributed by atoms with van der Waals surface area (Å²) in [5.74, 6) is 0.260. The van der Waals surface area contributed by atoms with Crippen LogP contribution < -0.4 is 5.73 Å². The Labute approximate surface area is 82.6 Å². The lowest BCUT2D eigenvalue weighted by Gasteiger charge is -1.96. The van der Waals surface area contributed by atoms with Crippen LogP contribution in [0.3, 0.4) is 0 Å². The molecule has 0 unspecified atom stereocenters. The van der Waals surface area contributed by atoms with Gasteiger partial charge in [0.15, 0.2) is 0 Å². The number of nitrogens with two attached hydrogens (primary N) is 1. The Morgan fingerprint density at radius 3 is 2.71 bits per heavy atom. The molecule has 74 valence electrons. The molecule has 0 saturated heterocycles. The average molecular weight is 215 g/mol. The van der Waals surface area contributed by atoms with Crippen LogP contribution in [-0.2, 0) is 0 Å². The van der Waals surface area contributed by atoms with Crippen LogP contribution >= 0.6 is 11.3 Å². The minimum atomic E-state index is -2.48. The molecule has 2 aromatic rings. The van der Waals surface area contributed by atoms with E-state index in [0.29, 0.717) is 15.8 Å². The number of aryl methyl sites for hydroxylation is 1. The van der Waals surface area contributed by atoms with Crippen molar-refractivity contribution in [3.8, 4) is 0 Å². The van der Waals surface area contributed by atoms with Crippen molar-refractivity contribution in [2.45, 2.75) is 13.3 Å². The summed E-state index contributed by atoms with van der Waals surface area (Å²) >= 11 is 0.965. The lowest BCUT2D eigenvalue weighted by molar-refractivity contribution is 0.155. The van der Waals surface area contributed by atoms with Gasteiger partial charge in [-0.3, -0.25) is 0 Å². The van der Waals surface area contributed by atoms with Gasteiger partial charge < -0.3 is 5.73 Å². The molecule has 0 aromatic carbocycles. The molecule has 0 aliphatic heterocycles. The van der Waals surface area contributed by atoms with Crippen molar-refractivity contribution in [2.24, 2.45) is 0 Å². The summed E-state index contributed by atoms with van der Waals surface area (Å²) in [5, 5.41) is 0.549. The van der Waals surface area contributed by atoms with Crippen molar-refractivity contribution in [2.75, 3.05) is 5.73 Å². The fraction of sp³-hybridized carbons (Fsp3) is 0.250. The number of hydrogen-bond donors (Lipinski definition) is 1. The Morgan fingerprint density at radius 1 is 1.43 bits per heavy atom. The quantitative estimate of drug-likeness (QED) is 0.795. The van der Waals surface area contributed by atoms with Gasteiger partial charge in [-0.2, -0.15) is 0 Å². The minimum Gasteiger partial charge on any atom is -0.383 e. The molecular weight excluding hydrogens is 208 g/mol. The lowest BCUT2D eigenvalue weighted by atomic mass is 10.2. The van der Waals surface area contributed by atoms with E-state index < -0.39 is 6.43 Å². The Hall–Kier alpha value is -1.30. The second-order valence-corrected chi connectivity index (χ2v) is 3.86. The smallest absolute Gasteiger partial charge is 0.273 e. The molecule has 2 aromatic heterocycles. The molecule has 0 radical (unpaired) electrons. The number of alkyl halides is 2. The molecule has 6 heteroatoms. The number of halogens is 2. The number of nitrogens with zero attached hydrogens (tertiary/aromatic N) is 2. The third kappa shape index (κ3) is 1.22. The highest BCUT2D eigenvalue weighted by Gasteiger charge is 2.18. The third-order valence-electron chi connectivity index (χ3n) is 1.99. The maximum absolute atomic E-state index is 12.5. The van der Waals surface area contributed by atoms with E-state index in [4.69, 9.17) is 5.73 Å². The van der Waals surface area contributed by atoms with Gasteiger partial charge in [0.25, 0.3) is 6.43 Å². The number of fused-ring (bicyclic) bond motifs is 1. The molecule has 0 aliphatic rings. The molecule has 2 heterocycles. The topological polar surface area (TPSA) is 51.8 Å². The Balaban J connectivity index is 2.81. The van der Waals surface area contributed by atoms with Gasteiger partial charge in [-0.1, -0.05) is 0 Å². The first-order chi connectivity index (χ1) is 6.61. The van der Waals surface area contributed by atoms with Crippen LogP contribution in [0.15, 0.2) is 6.33 Å². The molecule has 0 amide bonds. The number of nitrogen functional groups attached to an aromatic ring is 1. The van der Waals surface area contributed by atoms with E-state index in [2.05, 4.69) is 9.97 Å². The van der Waals surface area contributed by atoms with Crippen molar-refractivity contribution < 1.29 is 8.78 Å². The molecule has 0 bridgehead atoms. The van der Waals surface area contributed by atoms with Gasteiger partial charge in [0, 0.05) is 0 Å². The van der Waals surface area contributed by atoms with E-state index in [1.807, 2.05) is 0 Å². The number of rotatable bonds is 1. The van der Waals surface area contributed by atoms with Crippen LogP contribution in [0.25, 0.3) is 10.2 Å². The van der Waals surface area contributed by atoms with Crippen LogP contribution in [0.5, 0.6) is 0 Å². The molecule has 0 aliphatic carbocycles. The fourth-order valence-corrected chi connectivity index (χ4v) is 2.34. The van der Waals surface area contributed by atoms with Crippen molar-refractivity contribution in [1.29, 1.82) is 0 Å². The number of aromatic nitrogens is 2. The van der Waals surface area contributed by atoms with E-state index >= 15 is 0 Å². The summed E-state index contributed by atoms with van der Waals surface area (Å²) < 4.78 is 25.0. The van der Waals surface area contributed by atoms with E-state index in [0.717, 1.165) is 11.3 Å². The molecule has 2 N–H and O–H groups in total. The standard InChI is InChI=1S/C8H7F2N3S/c1-3-4-7(11)12-2-13-8(4)14-5(3)6(9)10/h2,6H,1H3,(H2,11,12,13). The van der Waals surface area contributed by atoms with Crippen LogP contribution in [0.2, 0.25) is 0 Å². The van der Waals surface area contributed by atoms with Crippen LogP contribution in [0.4, 0.5) is 14.6 Å².